The van der Waals surface area contributed by atoms with E-state index in [1.807, 2.05) is 19.1 Å². The zero-order chi connectivity index (χ0) is 18.1. The van der Waals surface area contributed by atoms with Crippen LogP contribution in [-0.2, 0) is 13.0 Å². The molecule has 0 atom stereocenters. The molecule has 2 aromatic rings. The number of nitrogens with zero attached hydrogens (tertiary/aromatic N) is 2. The Morgan fingerprint density at radius 1 is 1.15 bits per heavy atom. The van der Waals surface area contributed by atoms with Crippen LogP contribution in [0.25, 0.3) is 0 Å². The first kappa shape index (κ1) is 21.8. The van der Waals surface area contributed by atoms with Crippen molar-refractivity contribution in [2.24, 2.45) is 4.99 Å². The van der Waals surface area contributed by atoms with Crippen LogP contribution in [0.1, 0.15) is 23.6 Å². The average Bonchev–Trinajstić information content (AvgIpc) is 2.60. The molecular formula is C19H21F2IN4. The minimum absolute atomic E-state index is 0. The summed E-state index contributed by atoms with van der Waals surface area (Å²) in [6.07, 6.45) is 0.646. The Labute approximate surface area is 169 Å². The molecule has 7 heteroatoms. The highest BCUT2D eigenvalue weighted by Crippen LogP contribution is 2.11. The summed E-state index contributed by atoms with van der Waals surface area (Å²) in [6, 6.07) is 12.7. The lowest BCUT2D eigenvalue weighted by Crippen LogP contribution is -2.38. The Balaban J connectivity index is 0.00000338. The van der Waals surface area contributed by atoms with Gasteiger partial charge in [0.15, 0.2) is 5.96 Å². The topological polar surface area (TPSA) is 60.2 Å². The lowest BCUT2D eigenvalue weighted by atomic mass is 10.1. The number of nitriles is 1. The number of benzene rings is 2. The molecule has 0 amide bonds. The first-order valence-corrected chi connectivity index (χ1v) is 8.07. The Hall–Kier alpha value is -2.21. The van der Waals surface area contributed by atoms with Gasteiger partial charge in [0.2, 0.25) is 0 Å². The molecule has 4 nitrogen and oxygen atoms in total. The van der Waals surface area contributed by atoms with Crippen molar-refractivity contribution in [1.29, 1.82) is 5.26 Å². The Morgan fingerprint density at radius 2 is 1.96 bits per heavy atom. The molecule has 2 rings (SSSR count). The van der Waals surface area contributed by atoms with E-state index >= 15 is 0 Å². The number of hydrogen-bond donors (Lipinski definition) is 2. The van der Waals surface area contributed by atoms with Gasteiger partial charge in [-0.25, -0.2) is 13.8 Å². The standard InChI is InChI=1S/C19H20F2N4.HI/c1-2-23-19(24-9-8-14-4-3-5-17(20)10-14)25-13-16-7-6-15(12-22)11-18(16)21;/h3-7,10-11H,2,8-9,13H2,1H3,(H2,23,24,25);1H. The highest BCUT2D eigenvalue weighted by Gasteiger charge is 2.04. The molecule has 0 heterocycles. The van der Waals surface area contributed by atoms with Crippen molar-refractivity contribution < 1.29 is 8.78 Å². The van der Waals surface area contributed by atoms with Crippen molar-refractivity contribution in [2.45, 2.75) is 19.9 Å². The number of rotatable bonds is 6. The second kappa shape index (κ2) is 11.4. The molecule has 26 heavy (non-hydrogen) atoms. The predicted octanol–water partition coefficient (Wildman–Crippen LogP) is 3.75. The molecule has 0 fully saturated rings. The van der Waals surface area contributed by atoms with E-state index in [1.54, 1.807) is 18.2 Å². The van der Waals surface area contributed by atoms with Crippen LogP contribution in [0.4, 0.5) is 8.78 Å². The molecule has 0 saturated carbocycles. The summed E-state index contributed by atoms with van der Waals surface area (Å²) in [5.41, 5.74) is 1.59. The van der Waals surface area contributed by atoms with Gasteiger partial charge in [0.05, 0.1) is 18.2 Å². The molecular weight excluding hydrogens is 449 g/mol. The molecule has 0 saturated heterocycles. The molecule has 0 aliphatic carbocycles. The zero-order valence-corrected chi connectivity index (χ0v) is 16.8. The van der Waals surface area contributed by atoms with Crippen LogP contribution in [0.3, 0.4) is 0 Å². The first-order valence-electron chi connectivity index (χ1n) is 8.07. The largest absolute Gasteiger partial charge is 0.357 e. The second-order valence-corrected chi connectivity index (χ2v) is 5.42. The first-order chi connectivity index (χ1) is 12.1. The molecule has 0 aromatic heterocycles. The van der Waals surface area contributed by atoms with E-state index in [0.717, 1.165) is 5.56 Å². The van der Waals surface area contributed by atoms with Gasteiger partial charge in [-0.05, 0) is 43.2 Å². The maximum atomic E-state index is 13.9. The van der Waals surface area contributed by atoms with E-state index in [1.165, 1.54) is 18.2 Å². The van der Waals surface area contributed by atoms with E-state index in [4.69, 9.17) is 5.26 Å². The average molecular weight is 470 g/mol. The summed E-state index contributed by atoms with van der Waals surface area (Å²) in [4.78, 5) is 4.35. The highest BCUT2D eigenvalue weighted by atomic mass is 127. The van der Waals surface area contributed by atoms with E-state index < -0.39 is 5.82 Å². The normalized spacial score (nSPS) is 10.6. The summed E-state index contributed by atoms with van der Waals surface area (Å²) in [7, 11) is 0. The van der Waals surface area contributed by atoms with E-state index in [0.29, 0.717) is 31.0 Å². The van der Waals surface area contributed by atoms with E-state index in [9.17, 15) is 8.78 Å². The van der Waals surface area contributed by atoms with Gasteiger partial charge in [0, 0.05) is 18.7 Å². The molecule has 2 aromatic carbocycles. The van der Waals surface area contributed by atoms with Gasteiger partial charge in [0.25, 0.3) is 0 Å². The van der Waals surface area contributed by atoms with Gasteiger partial charge in [-0.3, -0.25) is 0 Å². The van der Waals surface area contributed by atoms with Crippen molar-refractivity contribution in [1.82, 2.24) is 10.6 Å². The molecule has 0 aliphatic heterocycles. The van der Waals surface area contributed by atoms with Crippen LogP contribution >= 0.6 is 24.0 Å². The van der Waals surface area contributed by atoms with Gasteiger partial charge in [-0.1, -0.05) is 18.2 Å². The summed E-state index contributed by atoms with van der Waals surface area (Å²) in [6.45, 7) is 3.34. The highest BCUT2D eigenvalue weighted by molar-refractivity contribution is 14.0. The third kappa shape index (κ3) is 6.96. The van der Waals surface area contributed by atoms with Crippen LogP contribution in [0.15, 0.2) is 47.5 Å². The quantitative estimate of drug-likeness (QED) is 0.384. The predicted molar refractivity (Wildman–Crippen MR) is 109 cm³/mol. The van der Waals surface area contributed by atoms with E-state index in [-0.39, 0.29) is 41.9 Å². The van der Waals surface area contributed by atoms with Crippen LogP contribution in [-0.4, -0.2) is 19.0 Å². The maximum Gasteiger partial charge on any atom is 0.191 e. The lowest BCUT2D eigenvalue weighted by Gasteiger charge is -2.11. The Morgan fingerprint density at radius 3 is 2.62 bits per heavy atom. The van der Waals surface area contributed by atoms with Crippen molar-refractivity contribution >= 4 is 29.9 Å². The zero-order valence-electron chi connectivity index (χ0n) is 14.4. The Kier molecular flexibility index (Phi) is 9.58. The van der Waals surface area contributed by atoms with Crippen molar-refractivity contribution in [3.63, 3.8) is 0 Å². The maximum absolute atomic E-state index is 13.9. The SMILES string of the molecule is CCNC(=NCc1ccc(C#N)cc1F)NCCc1cccc(F)c1.I. The molecule has 0 radical (unpaired) electrons. The van der Waals surface area contributed by atoms with Gasteiger partial charge in [-0.15, -0.1) is 24.0 Å². The number of halogens is 3. The fourth-order valence-corrected chi connectivity index (χ4v) is 2.27. The minimum atomic E-state index is -0.446. The Bertz CT molecular complexity index is 787. The lowest BCUT2D eigenvalue weighted by molar-refractivity contribution is 0.609. The number of guanidine groups is 1. The number of aliphatic imine (C=N–C) groups is 1. The summed E-state index contributed by atoms with van der Waals surface area (Å²) in [5.74, 6) is -0.143. The second-order valence-electron chi connectivity index (χ2n) is 5.42. The fraction of sp³-hybridized carbons (Fsp3) is 0.263. The van der Waals surface area contributed by atoms with Crippen molar-refractivity contribution in [3.8, 4) is 6.07 Å². The van der Waals surface area contributed by atoms with Crippen LogP contribution in [0, 0.1) is 23.0 Å². The number of hydrogen-bond acceptors (Lipinski definition) is 2. The molecule has 0 aliphatic rings. The van der Waals surface area contributed by atoms with E-state index in [2.05, 4.69) is 15.6 Å². The summed E-state index contributed by atoms with van der Waals surface area (Å²) in [5, 5.41) is 15.0. The minimum Gasteiger partial charge on any atom is -0.357 e. The summed E-state index contributed by atoms with van der Waals surface area (Å²) < 4.78 is 27.0. The van der Waals surface area contributed by atoms with Crippen LogP contribution < -0.4 is 10.6 Å². The van der Waals surface area contributed by atoms with Crippen molar-refractivity contribution in [3.05, 3.63) is 70.8 Å². The molecule has 138 valence electrons. The smallest absolute Gasteiger partial charge is 0.191 e. The van der Waals surface area contributed by atoms with Gasteiger partial charge >= 0.3 is 0 Å². The van der Waals surface area contributed by atoms with Crippen LogP contribution in [0.2, 0.25) is 0 Å². The molecule has 0 spiro atoms. The third-order valence-electron chi connectivity index (χ3n) is 3.53. The van der Waals surface area contributed by atoms with Gasteiger partial charge in [0.1, 0.15) is 11.6 Å². The third-order valence-corrected chi connectivity index (χ3v) is 3.53. The van der Waals surface area contributed by atoms with Crippen molar-refractivity contribution in [2.75, 3.05) is 13.1 Å². The molecule has 0 unspecified atom stereocenters. The fourth-order valence-electron chi connectivity index (χ4n) is 2.27. The molecule has 0 bridgehead atoms. The van der Waals surface area contributed by atoms with Crippen LogP contribution in [0.5, 0.6) is 0 Å². The number of nitrogens with one attached hydrogen (secondary N) is 2. The summed E-state index contributed by atoms with van der Waals surface area (Å²) >= 11 is 0. The monoisotopic (exact) mass is 470 g/mol. The molecule has 2 N–H and O–H groups in total. The van der Waals surface area contributed by atoms with Gasteiger partial charge < -0.3 is 10.6 Å². The van der Waals surface area contributed by atoms with Gasteiger partial charge in [-0.2, -0.15) is 5.26 Å².